The lowest BCUT2D eigenvalue weighted by Gasteiger charge is -2.09. The minimum absolute atomic E-state index is 0.0373. The predicted octanol–water partition coefficient (Wildman–Crippen LogP) is 3.11. The maximum atomic E-state index is 12.2. The van der Waals surface area contributed by atoms with Crippen molar-refractivity contribution in [2.24, 2.45) is 0 Å². The summed E-state index contributed by atoms with van der Waals surface area (Å²) in [6.45, 7) is 2.60. The number of carbonyl (C=O) groups excluding carboxylic acids is 1. The first-order valence-corrected chi connectivity index (χ1v) is 8.11. The summed E-state index contributed by atoms with van der Waals surface area (Å²) >= 11 is 0. The number of H-pyrrole nitrogens is 1. The van der Waals surface area contributed by atoms with E-state index < -0.39 is 0 Å². The van der Waals surface area contributed by atoms with Gasteiger partial charge in [0, 0.05) is 41.5 Å². The van der Waals surface area contributed by atoms with Crippen molar-refractivity contribution in [3.63, 3.8) is 0 Å². The highest BCUT2D eigenvalue weighted by atomic mass is 16.1. The van der Waals surface area contributed by atoms with Gasteiger partial charge in [0.2, 0.25) is 5.91 Å². The highest BCUT2D eigenvalue weighted by Crippen LogP contribution is 2.27. The van der Waals surface area contributed by atoms with E-state index in [9.17, 15) is 9.59 Å². The van der Waals surface area contributed by atoms with Crippen LogP contribution in [0.15, 0.2) is 53.3 Å². The van der Waals surface area contributed by atoms with Gasteiger partial charge in [0.15, 0.2) is 5.43 Å². The Morgan fingerprint density at radius 1 is 0.958 bits per heavy atom. The summed E-state index contributed by atoms with van der Waals surface area (Å²) in [4.78, 5) is 26.8. The highest BCUT2D eigenvalue weighted by molar-refractivity contribution is 5.84. The van der Waals surface area contributed by atoms with Crippen LogP contribution in [0.5, 0.6) is 0 Å². The topological polar surface area (TPSA) is 62.0 Å². The largest absolute Gasteiger partial charge is 0.358 e. The Bertz CT molecular complexity index is 987. The third-order valence-corrected chi connectivity index (χ3v) is 4.66. The van der Waals surface area contributed by atoms with E-state index in [0.717, 1.165) is 22.3 Å². The minimum atomic E-state index is 0.0373. The van der Waals surface area contributed by atoms with Gasteiger partial charge in [0.05, 0.1) is 0 Å². The Labute approximate surface area is 139 Å². The molecule has 3 aromatic rings. The van der Waals surface area contributed by atoms with E-state index in [1.54, 1.807) is 6.07 Å². The third kappa shape index (κ3) is 2.60. The Kier molecular flexibility index (Phi) is 3.45. The molecule has 4 rings (SSSR count). The molecule has 1 aliphatic heterocycles. The molecule has 1 aliphatic rings. The van der Waals surface area contributed by atoms with Gasteiger partial charge in [-0.15, -0.1) is 0 Å². The van der Waals surface area contributed by atoms with Crippen molar-refractivity contribution in [3.05, 3.63) is 70.0 Å². The second-order valence-electron chi connectivity index (χ2n) is 6.40. The molecule has 2 heterocycles. The molecule has 1 saturated heterocycles. The van der Waals surface area contributed by atoms with Gasteiger partial charge in [-0.2, -0.15) is 0 Å². The number of benzene rings is 2. The van der Waals surface area contributed by atoms with Crippen LogP contribution in [0.1, 0.15) is 23.6 Å². The number of aromatic amines is 1. The van der Waals surface area contributed by atoms with Crippen LogP contribution in [0.4, 0.5) is 0 Å². The molecule has 1 fully saturated rings. The van der Waals surface area contributed by atoms with Gasteiger partial charge in [-0.1, -0.05) is 30.3 Å². The molecule has 24 heavy (non-hydrogen) atoms. The number of nitrogens with one attached hydrogen (secondary N) is 2. The monoisotopic (exact) mass is 318 g/mol. The summed E-state index contributed by atoms with van der Waals surface area (Å²) in [5.74, 6) is 0.377. The van der Waals surface area contributed by atoms with Crippen LogP contribution in [-0.2, 0) is 4.79 Å². The van der Waals surface area contributed by atoms with E-state index in [0.29, 0.717) is 18.4 Å². The number of pyridine rings is 1. The first-order valence-electron chi connectivity index (χ1n) is 8.11. The lowest BCUT2D eigenvalue weighted by atomic mass is 9.95. The SMILES string of the molecule is Cc1cc(=O)c2cc(-c3ccc(C4CNC(=O)C4)cc3)ccc2[nH]1. The molecule has 2 aromatic carbocycles. The van der Waals surface area contributed by atoms with Crippen molar-refractivity contribution in [1.82, 2.24) is 10.3 Å². The van der Waals surface area contributed by atoms with E-state index in [1.165, 1.54) is 5.56 Å². The van der Waals surface area contributed by atoms with E-state index in [4.69, 9.17) is 0 Å². The number of hydrogen-bond acceptors (Lipinski definition) is 2. The number of rotatable bonds is 2. The number of aryl methyl sites for hydroxylation is 1. The van der Waals surface area contributed by atoms with Crippen LogP contribution in [0.2, 0.25) is 0 Å². The van der Waals surface area contributed by atoms with Crippen molar-refractivity contribution in [2.75, 3.05) is 6.54 Å². The van der Waals surface area contributed by atoms with E-state index in [2.05, 4.69) is 34.6 Å². The van der Waals surface area contributed by atoms with Crippen LogP contribution < -0.4 is 10.7 Å². The van der Waals surface area contributed by atoms with Crippen LogP contribution in [0.25, 0.3) is 22.0 Å². The molecule has 2 N–H and O–H groups in total. The number of hydrogen-bond donors (Lipinski definition) is 2. The van der Waals surface area contributed by atoms with Crippen molar-refractivity contribution in [2.45, 2.75) is 19.3 Å². The lowest BCUT2D eigenvalue weighted by Crippen LogP contribution is -2.13. The normalized spacial score (nSPS) is 17.2. The quantitative estimate of drug-likeness (QED) is 0.762. The summed E-state index contributed by atoms with van der Waals surface area (Å²) in [7, 11) is 0. The Morgan fingerprint density at radius 3 is 2.42 bits per heavy atom. The molecule has 0 radical (unpaired) electrons. The molecular formula is C20H18N2O2. The zero-order chi connectivity index (χ0) is 16.7. The predicted molar refractivity (Wildman–Crippen MR) is 95.1 cm³/mol. The van der Waals surface area contributed by atoms with E-state index in [-0.39, 0.29) is 17.3 Å². The van der Waals surface area contributed by atoms with Crippen LogP contribution in [0.3, 0.4) is 0 Å². The third-order valence-electron chi connectivity index (χ3n) is 4.66. The highest BCUT2D eigenvalue weighted by Gasteiger charge is 2.22. The summed E-state index contributed by atoms with van der Waals surface area (Å²) in [6.07, 6.45) is 0.560. The molecular weight excluding hydrogens is 300 g/mol. The van der Waals surface area contributed by atoms with Crippen molar-refractivity contribution >= 4 is 16.8 Å². The molecule has 1 aromatic heterocycles. The summed E-state index contributed by atoms with van der Waals surface area (Å²) in [6, 6.07) is 15.8. The minimum Gasteiger partial charge on any atom is -0.358 e. The van der Waals surface area contributed by atoms with Crippen LogP contribution >= 0.6 is 0 Å². The van der Waals surface area contributed by atoms with Gasteiger partial charge in [0.1, 0.15) is 0 Å². The van der Waals surface area contributed by atoms with Crippen LogP contribution in [-0.4, -0.2) is 17.4 Å². The number of aromatic nitrogens is 1. The zero-order valence-corrected chi connectivity index (χ0v) is 13.4. The molecule has 0 aliphatic carbocycles. The second kappa shape index (κ2) is 5.64. The van der Waals surface area contributed by atoms with Crippen molar-refractivity contribution in [3.8, 4) is 11.1 Å². The maximum Gasteiger partial charge on any atom is 0.220 e. The van der Waals surface area contributed by atoms with Gasteiger partial charge >= 0.3 is 0 Å². The molecule has 0 spiro atoms. The first-order chi connectivity index (χ1) is 11.6. The van der Waals surface area contributed by atoms with E-state index >= 15 is 0 Å². The molecule has 0 bridgehead atoms. The fraction of sp³-hybridized carbons (Fsp3) is 0.200. The van der Waals surface area contributed by atoms with Gasteiger partial charge < -0.3 is 10.3 Å². The Morgan fingerprint density at radius 2 is 1.71 bits per heavy atom. The second-order valence-corrected chi connectivity index (χ2v) is 6.40. The van der Waals surface area contributed by atoms with Gasteiger partial charge in [-0.25, -0.2) is 0 Å². The standard InChI is InChI=1S/C20H18N2O2/c1-12-8-19(23)17-9-15(6-7-18(17)22-12)13-2-4-14(5-3-13)16-10-20(24)21-11-16/h2-9,16H,10-11H2,1H3,(H,21,24)(H,22,23). The Balaban J connectivity index is 1.69. The summed E-state index contributed by atoms with van der Waals surface area (Å²) < 4.78 is 0. The fourth-order valence-corrected chi connectivity index (χ4v) is 3.35. The number of fused-ring (bicyclic) bond motifs is 1. The lowest BCUT2D eigenvalue weighted by molar-refractivity contribution is -0.119. The smallest absolute Gasteiger partial charge is 0.220 e. The zero-order valence-electron chi connectivity index (χ0n) is 13.4. The Hall–Kier alpha value is -2.88. The molecule has 4 heteroatoms. The average molecular weight is 318 g/mol. The van der Waals surface area contributed by atoms with Gasteiger partial charge in [0.25, 0.3) is 0 Å². The van der Waals surface area contributed by atoms with Gasteiger partial charge in [-0.3, -0.25) is 9.59 Å². The number of carbonyl (C=O) groups is 1. The molecule has 1 atom stereocenters. The number of amides is 1. The summed E-state index contributed by atoms with van der Waals surface area (Å²) in [5, 5.41) is 3.57. The summed E-state index contributed by atoms with van der Waals surface area (Å²) in [5.41, 5.74) is 5.02. The fourth-order valence-electron chi connectivity index (χ4n) is 3.35. The molecule has 4 nitrogen and oxygen atoms in total. The van der Waals surface area contributed by atoms with Crippen molar-refractivity contribution < 1.29 is 4.79 Å². The van der Waals surface area contributed by atoms with Crippen molar-refractivity contribution in [1.29, 1.82) is 0 Å². The van der Waals surface area contributed by atoms with Gasteiger partial charge in [-0.05, 0) is 35.7 Å². The maximum absolute atomic E-state index is 12.2. The molecule has 1 amide bonds. The first kappa shape index (κ1) is 14.7. The average Bonchev–Trinajstić information content (AvgIpc) is 3.01. The van der Waals surface area contributed by atoms with Crippen LogP contribution in [0, 0.1) is 6.92 Å². The molecule has 0 saturated carbocycles. The molecule has 1 unspecified atom stereocenters. The van der Waals surface area contributed by atoms with E-state index in [1.807, 2.05) is 25.1 Å². The molecule has 120 valence electrons.